The Bertz CT molecular complexity index is 631. The first kappa shape index (κ1) is 22.1. The van der Waals surface area contributed by atoms with E-state index in [9.17, 15) is 14.0 Å². The van der Waals surface area contributed by atoms with Gasteiger partial charge in [0.15, 0.2) is 5.96 Å². The summed E-state index contributed by atoms with van der Waals surface area (Å²) >= 11 is 0. The van der Waals surface area contributed by atoms with E-state index in [0.29, 0.717) is 11.6 Å². The van der Waals surface area contributed by atoms with Crippen molar-refractivity contribution in [2.45, 2.75) is 25.8 Å². The van der Waals surface area contributed by atoms with Gasteiger partial charge in [-0.2, -0.15) is 0 Å². The first-order valence-electron chi connectivity index (χ1n) is 8.26. The summed E-state index contributed by atoms with van der Waals surface area (Å²) in [6.45, 7) is 3.06. The molecular formula is C17H25FIN5O2. The molecule has 1 aromatic carbocycles. The van der Waals surface area contributed by atoms with Crippen LogP contribution in [-0.2, 0) is 9.59 Å². The first-order chi connectivity index (χ1) is 12.0. The van der Waals surface area contributed by atoms with E-state index < -0.39 is 0 Å². The number of anilines is 1. The van der Waals surface area contributed by atoms with E-state index in [-0.39, 0.29) is 54.2 Å². The van der Waals surface area contributed by atoms with Gasteiger partial charge in [-0.1, -0.05) is 0 Å². The fraction of sp³-hybridized carbons (Fsp3) is 0.471. The van der Waals surface area contributed by atoms with Gasteiger partial charge in [0.05, 0.1) is 6.54 Å². The molecule has 2 amide bonds. The van der Waals surface area contributed by atoms with Crippen LogP contribution in [0.5, 0.6) is 0 Å². The molecule has 0 radical (unpaired) electrons. The van der Waals surface area contributed by atoms with Crippen molar-refractivity contribution in [2.24, 2.45) is 4.99 Å². The van der Waals surface area contributed by atoms with Crippen LogP contribution >= 0.6 is 24.0 Å². The highest BCUT2D eigenvalue weighted by Crippen LogP contribution is 2.10. The average Bonchev–Trinajstić information content (AvgIpc) is 2.61. The summed E-state index contributed by atoms with van der Waals surface area (Å²) in [6.07, 6.45) is 1.67. The van der Waals surface area contributed by atoms with Gasteiger partial charge in [-0.3, -0.25) is 14.6 Å². The van der Waals surface area contributed by atoms with Crippen molar-refractivity contribution in [2.75, 3.05) is 32.0 Å². The maximum atomic E-state index is 12.8. The zero-order valence-corrected chi connectivity index (χ0v) is 17.2. The molecule has 0 bridgehead atoms. The van der Waals surface area contributed by atoms with Crippen LogP contribution in [0.15, 0.2) is 29.3 Å². The fourth-order valence-electron chi connectivity index (χ4n) is 2.63. The number of nitrogens with zero attached hydrogens (tertiary/aromatic N) is 2. The Morgan fingerprint density at radius 1 is 1.23 bits per heavy atom. The highest BCUT2D eigenvalue weighted by atomic mass is 127. The lowest BCUT2D eigenvalue weighted by Crippen LogP contribution is -2.50. The minimum Gasteiger partial charge on any atom is -0.354 e. The minimum atomic E-state index is -0.350. The molecule has 0 aromatic heterocycles. The third-order valence-corrected chi connectivity index (χ3v) is 4.05. The Morgan fingerprint density at radius 2 is 1.85 bits per heavy atom. The Labute approximate surface area is 169 Å². The van der Waals surface area contributed by atoms with Crippen molar-refractivity contribution in [3.05, 3.63) is 30.1 Å². The van der Waals surface area contributed by atoms with Gasteiger partial charge in [-0.15, -0.1) is 24.0 Å². The zero-order chi connectivity index (χ0) is 18.2. The molecule has 1 aliphatic heterocycles. The molecule has 1 saturated heterocycles. The number of carbonyl (C=O) groups is 2. The number of hydrogen-bond donors (Lipinski definition) is 3. The molecular weight excluding hydrogens is 452 g/mol. The van der Waals surface area contributed by atoms with Gasteiger partial charge >= 0.3 is 0 Å². The number of benzene rings is 1. The summed E-state index contributed by atoms with van der Waals surface area (Å²) in [4.78, 5) is 29.2. The summed E-state index contributed by atoms with van der Waals surface area (Å²) in [5.41, 5.74) is 0.535. The van der Waals surface area contributed by atoms with E-state index in [0.717, 1.165) is 25.9 Å². The smallest absolute Gasteiger partial charge is 0.243 e. The van der Waals surface area contributed by atoms with Crippen molar-refractivity contribution >= 4 is 47.4 Å². The molecule has 9 heteroatoms. The summed E-state index contributed by atoms with van der Waals surface area (Å²) in [7, 11) is 1.64. The second-order valence-electron chi connectivity index (χ2n) is 5.91. The predicted molar refractivity (Wildman–Crippen MR) is 110 cm³/mol. The molecule has 2 rings (SSSR count). The summed E-state index contributed by atoms with van der Waals surface area (Å²) in [6, 6.07) is 5.79. The SMILES string of the molecule is CN=C(NCC(=O)Nc1ccc(F)cc1)NC1CCN(C(C)=O)CC1.I. The van der Waals surface area contributed by atoms with Crippen LogP contribution in [0.2, 0.25) is 0 Å². The molecule has 0 spiro atoms. The number of likely N-dealkylation sites (tertiary alicyclic amines) is 1. The quantitative estimate of drug-likeness (QED) is 0.349. The molecule has 0 atom stereocenters. The number of guanidine groups is 1. The Morgan fingerprint density at radius 3 is 2.38 bits per heavy atom. The lowest BCUT2D eigenvalue weighted by molar-refractivity contribution is -0.129. The maximum absolute atomic E-state index is 12.8. The van der Waals surface area contributed by atoms with Gasteiger partial charge in [-0.25, -0.2) is 4.39 Å². The second kappa shape index (κ2) is 10.9. The van der Waals surface area contributed by atoms with E-state index in [4.69, 9.17) is 0 Å². The normalized spacial score (nSPS) is 15.0. The van der Waals surface area contributed by atoms with E-state index in [1.165, 1.54) is 24.3 Å². The van der Waals surface area contributed by atoms with Crippen molar-refractivity contribution in [3.63, 3.8) is 0 Å². The molecule has 1 fully saturated rings. The van der Waals surface area contributed by atoms with E-state index in [1.54, 1.807) is 14.0 Å². The minimum absolute atomic E-state index is 0. The van der Waals surface area contributed by atoms with Crippen LogP contribution in [0.4, 0.5) is 10.1 Å². The number of hydrogen-bond acceptors (Lipinski definition) is 3. The zero-order valence-electron chi connectivity index (χ0n) is 14.9. The number of nitrogens with one attached hydrogen (secondary N) is 3. The van der Waals surface area contributed by atoms with Crippen LogP contribution in [0, 0.1) is 5.82 Å². The molecule has 0 saturated carbocycles. The molecule has 0 aliphatic carbocycles. The van der Waals surface area contributed by atoms with Gasteiger partial charge in [-0.05, 0) is 37.1 Å². The van der Waals surface area contributed by atoms with Crippen molar-refractivity contribution < 1.29 is 14.0 Å². The van der Waals surface area contributed by atoms with Gasteiger partial charge in [0, 0.05) is 38.8 Å². The van der Waals surface area contributed by atoms with E-state index >= 15 is 0 Å². The highest BCUT2D eigenvalue weighted by molar-refractivity contribution is 14.0. The Hall–Kier alpha value is -1.91. The number of aliphatic imine (C=N–C) groups is 1. The van der Waals surface area contributed by atoms with Crippen molar-refractivity contribution in [1.82, 2.24) is 15.5 Å². The third-order valence-electron chi connectivity index (χ3n) is 4.05. The largest absolute Gasteiger partial charge is 0.354 e. The fourth-order valence-corrected chi connectivity index (χ4v) is 2.63. The van der Waals surface area contributed by atoms with Crippen molar-refractivity contribution in [1.29, 1.82) is 0 Å². The number of carbonyl (C=O) groups excluding carboxylic acids is 2. The number of amides is 2. The molecule has 1 aromatic rings. The van der Waals surface area contributed by atoms with Gasteiger partial charge in [0.1, 0.15) is 5.82 Å². The highest BCUT2D eigenvalue weighted by Gasteiger charge is 2.21. The van der Waals surface area contributed by atoms with Gasteiger partial charge in [0.25, 0.3) is 0 Å². The van der Waals surface area contributed by atoms with Crippen LogP contribution in [0.3, 0.4) is 0 Å². The number of rotatable bonds is 4. The molecule has 1 aliphatic rings. The first-order valence-corrected chi connectivity index (χ1v) is 8.26. The lowest BCUT2D eigenvalue weighted by atomic mass is 10.1. The van der Waals surface area contributed by atoms with Gasteiger partial charge < -0.3 is 20.9 Å². The van der Waals surface area contributed by atoms with Crippen LogP contribution in [0.25, 0.3) is 0 Å². The van der Waals surface area contributed by atoms with Gasteiger partial charge in [0.2, 0.25) is 11.8 Å². The average molecular weight is 477 g/mol. The standard InChI is InChI=1S/C17H24FN5O2.HI/c1-12(24)23-9-7-15(8-10-23)22-17(19-2)20-11-16(25)21-14-5-3-13(18)4-6-14;/h3-6,15H,7-11H2,1-2H3,(H,21,25)(H2,19,20,22);1H. The number of piperidine rings is 1. The maximum Gasteiger partial charge on any atom is 0.243 e. The molecule has 7 nitrogen and oxygen atoms in total. The summed E-state index contributed by atoms with van der Waals surface area (Å²) < 4.78 is 12.8. The van der Waals surface area contributed by atoms with Crippen LogP contribution in [0.1, 0.15) is 19.8 Å². The Balaban J connectivity index is 0.00000338. The third kappa shape index (κ3) is 7.14. The Kier molecular flexibility index (Phi) is 9.31. The summed E-state index contributed by atoms with van der Waals surface area (Å²) in [5, 5.41) is 8.89. The lowest BCUT2D eigenvalue weighted by Gasteiger charge is -2.32. The molecule has 0 unspecified atom stereocenters. The molecule has 1 heterocycles. The van der Waals surface area contributed by atoms with E-state index in [1.807, 2.05) is 4.90 Å². The molecule has 144 valence electrons. The molecule has 26 heavy (non-hydrogen) atoms. The van der Waals surface area contributed by atoms with Crippen molar-refractivity contribution in [3.8, 4) is 0 Å². The topological polar surface area (TPSA) is 85.8 Å². The van der Waals surface area contributed by atoms with Crippen LogP contribution in [-0.4, -0.2) is 55.4 Å². The monoisotopic (exact) mass is 477 g/mol. The molecule has 3 N–H and O–H groups in total. The van der Waals surface area contributed by atoms with Crippen LogP contribution < -0.4 is 16.0 Å². The van der Waals surface area contributed by atoms with E-state index in [2.05, 4.69) is 20.9 Å². The second-order valence-corrected chi connectivity index (χ2v) is 5.91. The summed E-state index contributed by atoms with van der Waals surface area (Å²) in [5.74, 6) is 0.0338. The number of halogens is 2. The predicted octanol–water partition coefficient (Wildman–Crippen LogP) is 1.56.